The lowest BCUT2D eigenvalue weighted by Gasteiger charge is -2.13. The minimum absolute atomic E-state index is 0.547. The molecule has 0 saturated carbocycles. The van der Waals surface area contributed by atoms with Gasteiger partial charge in [0.15, 0.2) is 0 Å². The molecular formula is C14H13BrO. The molecular weight excluding hydrogens is 264 g/mol. The maximum absolute atomic E-state index is 10.2. The Labute approximate surface area is 104 Å². The van der Waals surface area contributed by atoms with Crippen LogP contribution in [0.4, 0.5) is 0 Å². The highest BCUT2D eigenvalue weighted by atomic mass is 79.9. The van der Waals surface area contributed by atoms with E-state index in [1.54, 1.807) is 0 Å². The van der Waals surface area contributed by atoms with E-state index < -0.39 is 6.10 Å². The average molecular weight is 277 g/mol. The fourth-order valence-corrected chi connectivity index (χ4v) is 1.98. The second-order valence-corrected chi connectivity index (χ2v) is 4.73. The van der Waals surface area contributed by atoms with Gasteiger partial charge in [0.2, 0.25) is 0 Å². The van der Waals surface area contributed by atoms with Gasteiger partial charge in [-0.1, -0.05) is 52.3 Å². The van der Waals surface area contributed by atoms with Gasteiger partial charge in [0.25, 0.3) is 0 Å². The number of hydrogen-bond donors (Lipinski definition) is 1. The Bertz CT molecular complexity index is 476. The molecule has 0 aliphatic rings. The summed E-state index contributed by atoms with van der Waals surface area (Å²) in [7, 11) is 0. The normalized spacial score (nSPS) is 12.4. The van der Waals surface area contributed by atoms with Crippen molar-refractivity contribution in [3.8, 4) is 0 Å². The summed E-state index contributed by atoms with van der Waals surface area (Å²) >= 11 is 3.38. The Kier molecular flexibility index (Phi) is 3.42. The maximum atomic E-state index is 10.2. The monoisotopic (exact) mass is 276 g/mol. The number of benzene rings is 2. The van der Waals surface area contributed by atoms with Gasteiger partial charge in [-0.15, -0.1) is 0 Å². The van der Waals surface area contributed by atoms with E-state index in [1.807, 2.05) is 55.5 Å². The third kappa shape index (κ3) is 2.34. The largest absolute Gasteiger partial charge is 0.384 e. The van der Waals surface area contributed by atoms with E-state index in [9.17, 15) is 5.11 Å². The molecule has 1 N–H and O–H groups in total. The predicted octanol–water partition coefficient (Wildman–Crippen LogP) is 3.84. The predicted molar refractivity (Wildman–Crippen MR) is 69.4 cm³/mol. The summed E-state index contributed by atoms with van der Waals surface area (Å²) in [4.78, 5) is 0. The van der Waals surface area contributed by atoms with E-state index in [0.717, 1.165) is 21.2 Å². The SMILES string of the molecule is Cc1ccccc1C(O)c1ccc(Br)cc1. The highest BCUT2D eigenvalue weighted by Gasteiger charge is 2.11. The molecule has 2 aromatic rings. The Hall–Kier alpha value is -1.12. The molecule has 2 rings (SSSR count). The molecule has 2 heteroatoms. The summed E-state index contributed by atoms with van der Waals surface area (Å²) < 4.78 is 1.02. The van der Waals surface area contributed by atoms with Crippen molar-refractivity contribution in [3.05, 3.63) is 69.7 Å². The molecule has 16 heavy (non-hydrogen) atoms. The van der Waals surface area contributed by atoms with Crippen LogP contribution in [-0.2, 0) is 0 Å². The summed E-state index contributed by atoms with van der Waals surface area (Å²) in [5.74, 6) is 0. The van der Waals surface area contributed by atoms with Gasteiger partial charge in [0.1, 0.15) is 6.10 Å². The zero-order valence-corrected chi connectivity index (χ0v) is 10.6. The molecule has 0 amide bonds. The quantitative estimate of drug-likeness (QED) is 0.884. The number of aliphatic hydroxyl groups is 1. The van der Waals surface area contributed by atoms with Crippen molar-refractivity contribution in [2.75, 3.05) is 0 Å². The van der Waals surface area contributed by atoms with Gasteiger partial charge in [-0.05, 0) is 35.7 Å². The standard InChI is InChI=1S/C14H13BrO/c1-10-4-2-3-5-13(10)14(16)11-6-8-12(15)9-7-11/h2-9,14,16H,1H3. The molecule has 0 fully saturated rings. The number of aryl methyl sites for hydroxylation is 1. The van der Waals surface area contributed by atoms with Crippen LogP contribution >= 0.6 is 15.9 Å². The molecule has 0 saturated heterocycles. The first kappa shape index (κ1) is 11.4. The number of halogens is 1. The lowest BCUT2D eigenvalue weighted by Crippen LogP contribution is -2.01. The van der Waals surface area contributed by atoms with E-state index in [-0.39, 0.29) is 0 Å². The van der Waals surface area contributed by atoms with Crippen molar-refractivity contribution in [3.63, 3.8) is 0 Å². The minimum atomic E-state index is -0.547. The molecule has 0 radical (unpaired) electrons. The molecule has 0 aliphatic carbocycles. The first-order chi connectivity index (χ1) is 7.68. The zero-order chi connectivity index (χ0) is 11.5. The highest BCUT2D eigenvalue weighted by Crippen LogP contribution is 2.25. The van der Waals surface area contributed by atoms with Crippen molar-refractivity contribution < 1.29 is 5.11 Å². The summed E-state index contributed by atoms with van der Waals surface area (Å²) in [6.45, 7) is 2.01. The Morgan fingerprint density at radius 1 is 1.00 bits per heavy atom. The summed E-state index contributed by atoms with van der Waals surface area (Å²) in [6.07, 6.45) is -0.547. The van der Waals surface area contributed by atoms with Gasteiger partial charge in [-0.3, -0.25) is 0 Å². The molecule has 1 atom stereocenters. The average Bonchev–Trinajstić information content (AvgIpc) is 2.30. The summed E-state index contributed by atoms with van der Waals surface area (Å²) in [5.41, 5.74) is 2.99. The fraction of sp³-hybridized carbons (Fsp3) is 0.143. The van der Waals surface area contributed by atoms with Crippen LogP contribution in [0.2, 0.25) is 0 Å². The van der Waals surface area contributed by atoms with Crippen LogP contribution in [-0.4, -0.2) is 5.11 Å². The summed E-state index contributed by atoms with van der Waals surface area (Å²) in [5, 5.41) is 10.2. The van der Waals surface area contributed by atoms with Crippen LogP contribution in [0.3, 0.4) is 0 Å². The van der Waals surface area contributed by atoms with Gasteiger partial charge in [0.05, 0.1) is 0 Å². The Morgan fingerprint density at radius 3 is 2.25 bits per heavy atom. The third-order valence-corrected chi connectivity index (χ3v) is 3.20. The third-order valence-electron chi connectivity index (χ3n) is 2.67. The van der Waals surface area contributed by atoms with Crippen molar-refractivity contribution >= 4 is 15.9 Å². The number of rotatable bonds is 2. The van der Waals surface area contributed by atoms with Crippen LogP contribution < -0.4 is 0 Å². The molecule has 1 nitrogen and oxygen atoms in total. The van der Waals surface area contributed by atoms with E-state index in [0.29, 0.717) is 0 Å². The second kappa shape index (κ2) is 4.81. The molecule has 2 aromatic carbocycles. The van der Waals surface area contributed by atoms with Crippen LogP contribution in [0.25, 0.3) is 0 Å². The van der Waals surface area contributed by atoms with Crippen molar-refractivity contribution in [2.45, 2.75) is 13.0 Å². The highest BCUT2D eigenvalue weighted by molar-refractivity contribution is 9.10. The second-order valence-electron chi connectivity index (χ2n) is 3.81. The number of aliphatic hydroxyl groups excluding tert-OH is 1. The lowest BCUT2D eigenvalue weighted by molar-refractivity contribution is 0.219. The topological polar surface area (TPSA) is 20.2 Å². The minimum Gasteiger partial charge on any atom is -0.384 e. The van der Waals surface area contributed by atoms with Gasteiger partial charge >= 0.3 is 0 Å². The van der Waals surface area contributed by atoms with Crippen LogP contribution in [0.15, 0.2) is 53.0 Å². The molecule has 0 spiro atoms. The molecule has 82 valence electrons. The maximum Gasteiger partial charge on any atom is 0.104 e. The van der Waals surface area contributed by atoms with Crippen LogP contribution in [0.1, 0.15) is 22.8 Å². The smallest absolute Gasteiger partial charge is 0.104 e. The lowest BCUT2D eigenvalue weighted by atomic mass is 9.98. The number of hydrogen-bond acceptors (Lipinski definition) is 1. The van der Waals surface area contributed by atoms with Gasteiger partial charge in [-0.25, -0.2) is 0 Å². The van der Waals surface area contributed by atoms with E-state index in [1.165, 1.54) is 0 Å². The molecule has 0 aliphatic heterocycles. The molecule has 0 heterocycles. The van der Waals surface area contributed by atoms with Crippen LogP contribution in [0.5, 0.6) is 0 Å². The first-order valence-electron chi connectivity index (χ1n) is 5.17. The zero-order valence-electron chi connectivity index (χ0n) is 9.02. The molecule has 0 aromatic heterocycles. The fourth-order valence-electron chi connectivity index (χ4n) is 1.72. The van der Waals surface area contributed by atoms with E-state index >= 15 is 0 Å². The van der Waals surface area contributed by atoms with Gasteiger partial charge in [-0.2, -0.15) is 0 Å². The summed E-state index contributed by atoms with van der Waals surface area (Å²) in [6, 6.07) is 15.6. The van der Waals surface area contributed by atoms with E-state index in [4.69, 9.17) is 0 Å². The van der Waals surface area contributed by atoms with Crippen LogP contribution in [0, 0.1) is 6.92 Å². The first-order valence-corrected chi connectivity index (χ1v) is 5.97. The van der Waals surface area contributed by atoms with E-state index in [2.05, 4.69) is 15.9 Å². The Morgan fingerprint density at radius 2 is 1.62 bits per heavy atom. The van der Waals surface area contributed by atoms with Crippen molar-refractivity contribution in [1.82, 2.24) is 0 Å². The Balaban J connectivity index is 2.35. The molecule has 0 bridgehead atoms. The van der Waals surface area contributed by atoms with Gasteiger partial charge < -0.3 is 5.11 Å². The molecule has 1 unspecified atom stereocenters. The van der Waals surface area contributed by atoms with Crippen molar-refractivity contribution in [1.29, 1.82) is 0 Å². The van der Waals surface area contributed by atoms with Gasteiger partial charge in [0, 0.05) is 4.47 Å². The van der Waals surface area contributed by atoms with Crippen molar-refractivity contribution in [2.24, 2.45) is 0 Å².